The second kappa shape index (κ2) is 5.28. The van der Waals surface area contributed by atoms with Crippen molar-refractivity contribution < 1.29 is 0 Å². The molecule has 1 aliphatic carbocycles. The highest BCUT2D eigenvalue weighted by atomic mass is 15.2. The van der Waals surface area contributed by atoms with Gasteiger partial charge in [0, 0.05) is 25.2 Å². The first-order valence-electron chi connectivity index (χ1n) is 6.44. The third-order valence-corrected chi connectivity index (χ3v) is 4.01. The van der Waals surface area contributed by atoms with E-state index in [9.17, 15) is 0 Å². The van der Waals surface area contributed by atoms with E-state index in [1.165, 1.54) is 58.3 Å². The minimum Gasteiger partial charge on any atom is -0.328 e. The van der Waals surface area contributed by atoms with Crippen LogP contribution in [0.4, 0.5) is 0 Å². The number of nitrogens with two attached hydrogens (primary N) is 1. The fraction of sp³-hybridized carbons (Fsp3) is 1.00. The second-order valence-corrected chi connectivity index (χ2v) is 5.26. The molecule has 0 amide bonds. The Morgan fingerprint density at radius 2 is 1.67 bits per heavy atom. The molecule has 0 atom stereocenters. The second-order valence-electron chi connectivity index (χ2n) is 5.26. The zero-order valence-electron chi connectivity index (χ0n) is 9.99. The molecule has 0 aromatic heterocycles. The van der Waals surface area contributed by atoms with Crippen LogP contribution in [-0.4, -0.2) is 55.1 Å². The third kappa shape index (κ3) is 3.16. The molecule has 1 saturated carbocycles. The molecule has 0 bridgehead atoms. The van der Waals surface area contributed by atoms with Gasteiger partial charge in [0.1, 0.15) is 0 Å². The highest BCUT2D eigenvalue weighted by Gasteiger charge is 2.25. The van der Waals surface area contributed by atoms with Crippen molar-refractivity contribution in [3.05, 3.63) is 0 Å². The summed E-state index contributed by atoms with van der Waals surface area (Å²) in [4.78, 5) is 5.16. The molecule has 0 spiro atoms. The van der Waals surface area contributed by atoms with Gasteiger partial charge < -0.3 is 10.6 Å². The molecular weight excluding hydrogens is 186 g/mol. The predicted molar refractivity (Wildman–Crippen MR) is 63.9 cm³/mol. The summed E-state index contributed by atoms with van der Waals surface area (Å²) in [5.41, 5.74) is 5.95. The molecule has 2 N–H and O–H groups in total. The third-order valence-electron chi connectivity index (χ3n) is 4.01. The average Bonchev–Trinajstić information content (AvgIpc) is 2.44. The van der Waals surface area contributed by atoms with E-state index in [0.717, 1.165) is 6.04 Å². The molecule has 0 radical (unpaired) electrons. The van der Waals surface area contributed by atoms with Gasteiger partial charge in [-0.2, -0.15) is 0 Å². The molecule has 2 fully saturated rings. The van der Waals surface area contributed by atoms with Gasteiger partial charge in [-0.3, -0.25) is 4.90 Å². The van der Waals surface area contributed by atoms with Crippen LogP contribution in [0.2, 0.25) is 0 Å². The van der Waals surface area contributed by atoms with Crippen LogP contribution < -0.4 is 5.73 Å². The normalized spacial score (nSPS) is 36.4. The maximum Gasteiger partial charge on any atom is 0.0112 e. The lowest BCUT2D eigenvalue weighted by Gasteiger charge is -2.35. The van der Waals surface area contributed by atoms with Gasteiger partial charge in [0.05, 0.1) is 0 Å². The monoisotopic (exact) mass is 211 g/mol. The summed E-state index contributed by atoms with van der Waals surface area (Å²) in [6.45, 7) is 5.06. The number of rotatable bonds is 1. The van der Waals surface area contributed by atoms with Crippen molar-refractivity contribution in [2.24, 2.45) is 5.73 Å². The molecule has 0 unspecified atom stereocenters. The SMILES string of the molecule is CN1CCCN([C@H]2CC[C@@H](N)CC2)CC1. The molecule has 88 valence electrons. The Bertz CT molecular complexity index is 187. The van der Waals surface area contributed by atoms with Crippen molar-refractivity contribution in [2.75, 3.05) is 33.2 Å². The Balaban J connectivity index is 1.82. The van der Waals surface area contributed by atoms with E-state index in [1.54, 1.807) is 0 Å². The van der Waals surface area contributed by atoms with E-state index < -0.39 is 0 Å². The summed E-state index contributed by atoms with van der Waals surface area (Å²) < 4.78 is 0. The Kier molecular flexibility index (Phi) is 4.00. The van der Waals surface area contributed by atoms with Gasteiger partial charge in [-0.15, -0.1) is 0 Å². The lowest BCUT2D eigenvalue weighted by Crippen LogP contribution is -2.42. The van der Waals surface area contributed by atoms with Gasteiger partial charge in [-0.05, 0) is 52.2 Å². The van der Waals surface area contributed by atoms with Gasteiger partial charge in [0.15, 0.2) is 0 Å². The highest BCUT2D eigenvalue weighted by molar-refractivity contribution is 4.82. The van der Waals surface area contributed by atoms with Gasteiger partial charge in [-0.1, -0.05) is 0 Å². The van der Waals surface area contributed by atoms with Crippen LogP contribution in [0.1, 0.15) is 32.1 Å². The lowest BCUT2D eigenvalue weighted by molar-refractivity contribution is 0.155. The number of hydrogen-bond acceptors (Lipinski definition) is 3. The molecule has 0 aromatic rings. The number of nitrogens with zero attached hydrogens (tertiary/aromatic N) is 2. The summed E-state index contributed by atoms with van der Waals surface area (Å²) in [5, 5.41) is 0. The number of likely N-dealkylation sites (N-methyl/N-ethyl adjacent to an activating group) is 1. The molecule has 0 aromatic carbocycles. The zero-order chi connectivity index (χ0) is 10.7. The van der Waals surface area contributed by atoms with Crippen LogP contribution in [-0.2, 0) is 0 Å². The molecule has 15 heavy (non-hydrogen) atoms. The molecule has 2 rings (SSSR count). The maximum atomic E-state index is 5.95. The van der Waals surface area contributed by atoms with Gasteiger partial charge >= 0.3 is 0 Å². The van der Waals surface area contributed by atoms with E-state index in [-0.39, 0.29) is 0 Å². The summed E-state index contributed by atoms with van der Waals surface area (Å²) in [5.74, 6) is 0. The van der Waals surface area contributed by atoms with E-state index in [4.69, 9.17) is 5.73 Å². The van der Waals surface area contributed by atoms with Crippen LogP contribution >= 0.6 is 0 Å². The Morgan fingerprint density at radius 3 is 2.40 bits per heavy atom. The Labute approximate surface area is 93.6 Å². The lowest BCUT2D eigenvalue weighted by atomic mass is 9.90. The molecule has 3 nitrogen and oxygen atoms in total. The van der Waals surface area contributed by atoms with Crippen LogP contribution in [0.5, 0.6) is 0 Å². The van der Waals surface area contributed by atoms with Gasteiger partial charge in [-0.25, -0.2) is 0 Å². The summed E-state index contributed by atoms with van der Waals surface area (Å²) >= 11 is 0. The van der Waals surface area contributed by atoms with E-state index >= 15 is 0 Å². The standard InChI is InChI=1S/C12H25N3/c1-14-7-2-8-15(10-9-14)12-5-3-11(13)4-6-12/h11-12H,2-10,13H2,1H3/t11-,12+. The van der Waals surface area contributed by atoms with Crippen molar-refractivity contribution in [1.82, 2.24) is 9.80 Å². The smallest absolute Gasteiger partial charge is 0.0112 e. The molecule has 1 saturated heterocycles. The van der Waals surface area contributed by atoms with Crippen molar-refractivity contribution in [3.8, 4) is 0 Å². The zero-order valence-corrected chi connectivity index (χ0v) is 9.99. The molecule has 3 heteroatoms. The minimum atomic E-state index is 0.482. The maximum absolute atomic E-state index is 5.95. The topological polar surface area (TPSA) is 32.5 Å². The van der Waals surface area contributed by atoms with E-state index in [2.05, 4.69) is 16.8 Å². The van der Waals surface area contributed by atoms with Crippen molar-refractivity contribution >= 4 is 0 Å². The van der Waals surface area contributed by atoms with E-state index in [1.807, 2.05) is 0 Å². The van der Waals surface area contributed by atoms with Crippen molar-refractivity contribution in [1.29, 1.82) is 0 Å². The van der Waals surface area contributed by atoms with Crippen molar-refractivity contribution in [3.63, 3.8) is 0 Å². The quantitative estimate of drug-likeness (QED) is 0.699. The van der Waals surface area contributed by atoms with E-state index in [0.29, 0.717) is 6.04 Å². The summed E-state index contributed by atoms with van der Waals surface area (Å²) in [7, 11) is 2.24. The van der Waals surface area contributed by atoms with Crippen LogP contribution in [0.15, 0.2) is 0 Å². The van der Waals surface area contributed by atoms with Gasteiger partial charge in [0.25, 0.3) is 0 Å². The average molecular weight is 211 g/mol. The minimum absolute atomic E-state index is 0.482. The van der Waals surface area contributed by atoms with Crippen molar-refractivity contribution in [2.45, 2.75) is 44.2 Å². The molecule has 1 aliphatic heterocycles. The summed E-state index contributed by atoms with van der Waals surface area (Å²) in [6.07, 6.45) is 6.45. The Morgan fingerprint density at radius 1 is 0.933 bits per heavy atom. The first-order valence-corrected chi connectivity index (χ1v) is 6.44. The largest absolute Gasteiger partial charge is 0.328 e. The fourth-order valence-electron chi connectivity index (χ4n) is 2.90. The summed E-state index contributed by atoms with van der Waals surface area (Å²) in [6, 6.07) is 1.31. The first-order chi connectivity index (χ1) is 7.25. The van der Waals surface area contributed by atoms with Crippen LogP contribution in [0.3, 0.4) is 0 Å². The Hall–Kier alpha value is -0.120. The number of hydrogen-bond donors (Lipinski definition) is 1. The highest BCUT2D eigenvalue weighted by Crippen LogP contribution is 2.22. The molecule has 1 heterocycles. The van der Waals surface area contributed by atoms with Crippen LogP contribution in [0, 0.1) is 0 Å². The molecule has 2 aliphatic rings. The molecular formula is C12H25N3. The fourth-order valence-corrected chi connectivity index (χ4v) is 2.90. The first kappa shape index (κ1) is 11.4. The van der Waals surface area contributed by atoms with Crippen LogP contribution in [0.25, 0.3) is 0 Å². The van der Waals surface area contributed by atoms with Gasteiger partial charge in [0.2, 0.25) is 0 Å². The predicted octanol–water partition coefficient (Wildman–Crippen LogP) is 0.894.